The van der Waals surface area contributed by atoms with E-state index in [1.165, 1.54) is 83.5 Å². The van der Waals surface area contributed by atoms with Gasteiger partial charge in [0.25, 0.3) is 0 Å². The highest BCUT2D eigenvalue weighted by atomic mass is 15.4. The van der Waals surface area contributed by atoms with Crippen LogP contribution in [0.4, 0.5) is 22.7 Å². The van der Waals surface area contributed by atoms with Gasteiger partial charge in [-0.05, 0) is 146 Å². The molecule has 1 aliphatic rings. The zero-order valence-corrected chi connectivity index (χ0v) is 47.6. The molecule has 2 aromatic heterocycles. The molecule has 0 radical (unpaired) electrons. The summed E-state index contributed by atoms with van der Waals surface area (Å²) >= 11 is 0. The average Bonchev–Trinajstić information content (AvgIpc) is 4.02. The van der Waals surface area contributed by atoms with Gasteiger partial charge in [0.2, 0.25) is 0 Å². The van der Waals surface area contributed by atoms with Crippen LogP contribution in [0.3, 0.4) is 0 Å². The first-order chi connectivity index (χ1) is 37.9. The summed E-state index contributed by atoms with van der Waals surface area (Å²) in [6.45, 7) is 23.8. The molecule has 0 bridgehead atoms. The van der Waals surface area contributed by atoms with E-state index in [2.05, 4.69) is 320 Å². The van der Waals surface area contributed by atoms with Crippen molar-refractivity contribution < 1.29 is 0 Å². The van der Waals surface area contributed by atoms with Crippen molar-refractivity contribution in [2.45, 2.75) is 96.3 Å². The molecule has 0 spiro atoms. The van der Waals surface area contributed by atoms with E-state index in [-0.39, 0.29) is 16.2 Å². The number of nitrogens with zero attached hydrogens (tertiary/aromatic N) is 4. The van der Waals surface area contributed by atoms with E-state index < -0.39 is 10.8 Å². The van der Waals surface area contributed by atoms with E-state index in [4.69, 9.17) is 4.98 Å². The number of hydrogen-bond donors (Lipinski definition) is 0. The molecular formula is C75H72N4. The van der Waals surface area contributed by atoms with Crippen LogP contribution < -0.4 is 9.80 Å². The summed E-state index contributed by atoms with van der Waals surface area (Å²) < 4.78 is 2.42. The zero-order chi connectivity index (χ0) is 54.9. The number of aromatic nitrogens is 2. The molecule has 4 heteroatoms. The van der Waals surface area contributed by atoms with Crippen molar-refractivity contribution in [1.82, 2.24) is 9.55 Å². The molecule has 0 N–H and O–H groups in total. The summed E-state index contributed by atoms with van der Waals surface area (Å²) in [5.74, 6) is 0.901. The van der Waals surface area contributed by atoms with Crippen molar-refractivity contribution >= 4 is 44.6 Å². The summed E-state index contributed by atoms with van der Waals surface area (Å²) in [7, 11) is 0. The Morgan fingerprint density at radius 3 is 1.33 bits per heavy atom. The SMILES string of the molecule is CC(C)(C)c1cc(N2CN(c3cccc(C(c4ccccc4)(c4ccccc4)c4ccc5c6cc(C(C)(c7ccccc7)c7ccccc7)ccc6n(-c6cc(C(C)(C)C)ccn6)c5c4)c3)c3ccccc32)cc(C(C)(C)C)c1. The van der Waals surface area contributed by atoms with Gasteiger partial charge >= 0.3 is 0 Å². The van der Waals surface area contributed by atoms with Crippen LogP contribution in [0.1, 0.15) is 125 Å². The molecule has 0 saturated carbocycles. The van der Waals surface area contributed by atoms with Gasteiger partial charge in [0.1, 0.15) is 12.5 Å². The summed E-state index contributed by atoms with van der Waals surface area (Å²) in [5, 5.41) is 2.36. The number of hydrogen-bond acceptors (Lipinski definition) is 3. The first-order valence-electron chi connectivity index (χ1n) is 28.1. The third kappa shape index (κ3) is 8.92. The van der Waals surface area contributed by atoms with Crippen LogP contribution >= 0.6 is 0 Å². The predicted octanol–water partition coefficient (Wildman–Crippen LogP) is 19.1. The summed E-state index contributed by atoms with van der Waals surface area (Å²) in [4.78, 5) is 10.2. The Morgan fingerprint density at radius 2 is 0.785 bits per heavy atom. The largest absolute Gasteiger partial charge is 0.321 e. The Labute approximate surface area is 468 Å². The van der Waals surface area contributed by atoms with Gasteiger partial charge in [0.15, 0.2) is 0 Å². The molecule has 0 unspecified atom stereocenters. The molecule has 1 aliphatic heterocycles. The normalized spacial score (nSPS) is 13.3. The van der Waals surface area contributed by atoms with E-state index in [0.29, 0.717) is 6.67 Å². The molecule has 0 atom stereocenters. The molecule has 0 aliphatic carbocycles. The zero-order valence-electron chi connectivity index (χ0n) is 47.6. The maximum atomic E-state index is 5.22. The fourth-order valence-corrected chi connectivity index (χ4v) is 12.4. The Morgan fingerprint density at radius 1 is 0.316 bits per heavy atom. The molecule has 79 heavy (non-hydrogen) atoms. The first-order valence-corrected chi connectivity index (χ1v) is 28.1. The second-order valence-electron chi connectivity index (χ2n) is 25.1. The van der Waals surface area contributed by atoms with Crippen LogP contribution in [-0.4, -0.2) is 16.2 Å². The lowest BCUT2D eigenvalue weighted by atomic mass is 9.65. The summed E-state index contributed by atoms with van der Waals surface area (Å²) in [6, 6.07) is 88.6. The highest BCUT2D eigenvalue weighted by molar-refractivity contribution is 6.10. The van der Waals surface area contributed by atoms with Gasteiger partial charge < -0.3 is 9.80 Å². The predicted molar refractivity (Wildman–Crippen MR) is 333 cm³/mol. The van der Waals surface area contributed by atoms with Gasteiger partial charge in [0.05, 0.1) is 27.8 Å². The van der Waals surface area contributed by atoms with Crippen molar-refractivity contribution in [3.63, 3.8) is 0 Å². The first kappa shape index (κ1) is 51.3. The number of anilines is 4. The van der Waals surface area contributed by atoms with E-state index in [0.717, 1.165) is 22.5 Å². The number of para-hydroxylation sites is 2. The highest BCUT2D eigenvalue weighted by Crippen LogP contribution is 2.51. The standard InChI is InChI=1S/C75H72N4/c1-71(2,3)56-42-43-76-70(50-56)79-66-41-39-57(74(10,52-26-15-11-16-27-52)53-28-17-12-18-29-53)48-65(66)64-40-38-59(49-69(64)79)75(54-30-19-13-20-31-54,55-32-21-14-22-33-55)58-34-25-35-62(45-58)77-51-78(68-37-24-23-36-67(68)77)63-46-60(72(4,5)6)44-61(47-63)73(7,8)9/h11-50H,51H2,1-10H3. The van der Waals surface area contributed by atoms with E-state index in [1.54, 1.807) is 0 Å². The molecule has 0 saturated heterocycles. The van der Waals surface area contributed by atoms with Crippen molar-refractivity contribution in [3.05, 3.63) is 298 Å². The third-order valence-electron chi connectivity index (χ3n) is 17.0. The fraction of sp³-hybridized carbons (Fsp3) is 0.213. The lowest BCUT2D eigenvalue weighted by Gasteiger charge is -2.37. The van der Waals surface area contributed by atoms with Gasteiger partial charge in [0, 0.05) is 33.8 Å². The number of benzene rings is 9. The van der Waals surface area contributed by atoms with Crippen LogP contribution in [0, 0.1) is 0 Å². The molecular weight excluding hydrogens is 957 g/mol. The van der Waals surface area contributed by atoms with Gasteiger partial charge in [-0.2, -0.15) is 0 Å². The van der Waals surface area contributed by atoms with Crippen molar-refractivity contribution in [1.29, 1.82) is 0 Å². The molecule has 0 fully saturated rings. The van der Waals surface area contributed by atoms with Crippen molar-refractivity contribution in [2.24, 2.45) is 0 Å². The smallest absolute Gasteiger partial charge is 0.137 e. The van der Waals surface area contributed by atoms with Crippen LogP contribution in [-0.2, 0) is 27.1 Å². The molecule has 392 valence electrons. The second-order valence-corrected chi connectivity index (χ2v) is 25.1. The number of rotatable bonds is 10. The fourth-order valence-electron chi connectivity index (χ4n) is 12.4. The van der Waals surface area contributed by atoms with Crippen molar-refractivity contribution in [2.75, 3.05) is 16.5 Å². The summed E-state index contributed by atoms with van der Waals surface area (Å²) in [6.07, 6.45) is 1.99. The lowest BCUT2D eigenvalue weighted by Crippen LogP contribution is -2.31. The molecule has 3 heterocycles. The monoisotopic (exact) mass is 1030 g/mol. The molecule has 9 aromatic carbocycles. The topological polar surface area (TPSA) is 24.3 Å². The quantitative estimate of drug-likeness (QED) is 0.128. The Bertz CT molecular complexity index is 3890. The van der Waals surface area contributed by atoms with E-state index >= 15 is 0 Å². The van der Waals surface area contributed by atoms with Gasteiger partial charge in [-0.1, -0.05) is 232 Å². The Kier molecular flexibility index (Phi) is 12.6. The summed E-state index contributed by atoms with van der Waals surface area (Å²) in [5.41, 5.74) is 18.1. The number of fused-ring (bicyclic) bond motifs is 4. The van der Waals surface area contributed by atoms with Crippen LogP contribution in [0.15, 0.2) is 243 Å². The molecule has 11 aromatic rings. The van der Waals surface area contributed by atoms with Crippen LogP contribution in [0.5, 0.6) is 0 Å². The average molecular weight is 1030 g/mol. The maximum Gasteiger partial charge on any atom is 0.137 e. The van der Waals surface area contributed by atoms with Crippen LogP contribution in [0.2, 0.25) is 0 Å². The molecule has 4 nitrogen and oxygen atoms in total. The Hall–Kier alpha value is -8.47. The van der Waals surface area contributed by atoms with E-state index in [1.807, 2.05) is 6.20 Å². The van der Waals surface area contributed by atoms with Gasteiger partial charge in [-0.15, -0.1) is 0 Å². The van der Waals surface area contributed by atoms with Gasteiger partial charge in [-0.25, -0.2) is 4.98 Å². The minimum Gasteiger partial charge on any atom is -0.321 e. The maximum absolute atomic E-state index is 5.22. The number of pyridine rings is 1. The van der Waals surface area contributed by atoms with Crippen molar-refractivity contribution in [3.8, 4) is 5.82 Å². The Balaban J connectivity index is 1.09. The van der Waals surface area contributed by atoms with Crippen LogP contribution in [0.25, 0.3) is 27.6 Å². The lowest BCUT2D eigenvalue weighted by molar-refractivity contribution is 0.568. The van der Waals surface area contributed by atoms with Gasteiger partial charge in [-0.3, -0.25) is 4.57 Å². The highest BCUT2D eigenvalue weighted by Gasteiger charge is 2.41. The molecule has 12 rings (SSSR count). The second kappa shape index (κ2) is 19.5. The minimum absolute atomic E-state index is 0.0130. The molecule has 0 amide bonds. The third-order valence-corrected chi connectivity index (χ3v) is 17.0. The van der Waals surface area contributed by atoms with E-state index in [9.17, 15) is 0 Å². The minimum atomic E-state index is -0.749.